The van der Waals surface area contributed by atoms with Gasteiger partial charge in [0.25, 0.3) is 5.91 Å². The van der Waals surface area contributed by atoms with Gasteiger partial charge in [-0.1, -0.05) is 54.1 Å². The largest absolute Gasteiger partial charge is 0.487 e. The van der Waals surface area contributed by atoms with Crippen molar-refractivity contribution in [2.75, 3.05) is 5.32 Å². The number of rotatable bonds is 6. The van der Waals surface area contributed by atoms with Crippen LogP contribution in [0.25, 0.3) is 16.8 Å². The fourth-order valence-corrected chi connectivity index (χ4v) is 4.89. The van der Waals surface area contributed by atoms with Gasteiger partial charge in [-0.25, -0.2) is 0 Å². The van der Waals surface area contributed by atoms with Crippen molar-refractivity contribution in [3.05, 3.63) is 110 Å². The summed E-state index contributed by atoms with van der Waals surface area (Å²) in [5.74, 6) is 0.183. The molecule has 0 fully saturated rings. The fraction of sp³-hybridized carbons (Fsp3) is 0.0714. The average molecular weight is 576 g/mol. The molecule has 0 unspecified atom stereocenters. The summed E-state index contributed by atoms with van der Waals surface area (Å²) in [6.45, 7) is 2.37. The van der Waals surface area contributed by atoms with Crippen LogP contribution in [0.1, 0.15) is 16.7 Å². The molecule has 0 saturated heterocycles. The second-order valence-electron chi connectivity index (χ2n) is 7.77. The van der Waals surface area contributed by atoms with Crippen LogP contribution in [0.4, 0.5) is 5.69 Å². The number of halogens is 2. The van der Waals surface area contributed by atoms with Crippen LogP contribution in [-0.2, 0) is 11.4 Å². The van der Waals surface area contributed by atoms with E-state index in [4.69, 9.17) is 4.74 Å². The van der Waals surface area contributed by atoms with Crippen molar-refractivity contribution < 1.29 is 9.53 Å². The number of hydrogen-bond donors (Lipinski definition) is 1. The highest BCUT2D eigenvalue weighted by molar-refractivity contribution is 9.11. The minimum atomic E-state index is -0.463. The molecule has 0 radical (unpaired) electrons. The molecule has 4 aromatic rings. The third kappa shape index (κ3) is 5.74. The number of nitrogens with one attached hydrogen (secondary N) is 1. The fourth-order valence-electron chi connectivity index (χ4n) is 3.44. The van der Waals surface area contributed by atoms with Gasteiger partial charge in [-0.3, -0.25) is 4.79 Å². The lowest BCUT2D eigenvalue weighted by atomic mass is 10.1. The lowest BCUT2D eigenvalue weighted by Crippen LogP contribution is -2.13. The first kappa shape index (κ1) is 23.7. The summed E-state index contributed by atoms with van der Waals surface area (Å²) in [7, 11) is 0. The Bertz CT molecular complexity index is 1410. The van der Waals surface area contributed by atoms with Gasteiger partial charge in [0.05, 0.1) is 8.95 Å². The number of carbonyl (C=O) groups is 1. The summed E-state index contributed by atoms with van der Waals surface area (Å²) in [4.78, 5) is 12.6. The summed E-state index contributed by atoms with van der Waals surface area (Å²) in [6, 6.07) is 27.5. The first-order valence-electron chi connectivity index (χ1n) is 10.5. The molecule has 4 aromatic carbocycles. The Labute approximate surface area is 215 Å². The first-order chi connectivity index (χ1) is 16.4. The Morgan fingerprint density at radius 3 is 2.32 bits per heavy atom. The van der Waals surface area contributed by atoms with E-state index < -0.39 is 5.91 Å². The number of aryl methyl sites for hydroxylation is 1. The van der Waals surface area contributed by atoms with Crippen LogP contribution in [0.2, 0.25) is 0 Å². The molecule has 168 valence electrons. The summed E-state index contributed by atoms with van der Waals surface area (Å²) >= 11 is 7.11. The average Bonchev–Trinajstić information content (AvgIpc) is 2.83. The normalized spacial score (nSPS) is 11.2. The number of anilines is 1. The van der Waals surface area contributed by atoms with Crippen LogP contribution in [0.3, 0.4) is 0 Å². The molecule has 0 aliphatic heterocycles. The maximum Gasteiger partial charge on any atom is 0.266 e. The third-order valence-corrected chi connectivity index (χ3v) is 6.38. The van der Waals surface area contributed by atoms with Gasteiger partial charge in [0.15, 0.2) is 0 Å². The molecule has 4 nitrogen and oxygen atoms in total. The van der Waals surface area contributed by atoms with E-state index in [9.17, 15) is 10.1 Å². The monoisotopic (exact) mass is 574 g/mol. The van der Waals surface area contributed by atoms with Gasteiger partial charge in [-0.05, 0) is 97.1 Å². The highest BCUT2D eigenvalue weighted by atomic mass is 79.9. The number of hydrogen-bond acceptors (Lipinski definition) is 3. The maximum atomic E-state index is 12.6. The third-order valence-electron chi connectivity index (χ3n) is 5.20. The van der Waals surface area contributed by atoms with E-state index in [0.717, 1.165) is 16.5 Å². The molecule has 1 N–H and O–H groups in total. The quantitative estimate of drug-likeness (QED) is 0.188. The standard InChI is InChI=1S/C28H20Br2N2O2/c1-18-6-10-24(11-7-18)32-28(33)23(16-31)13-20-14-25(29)27(26(30)15-20)34-17-19-8-9-21-4-2-3-5-22(21)12-19/h2-15H,17H2,1H3,(H,32,33)/b23-13+. The van der Waals surface area contributed by atoms with Crippen molar-refractivity contribution >= 4 is 60.3 Å². The Balaban J connectivity index is 1.50. The molecule has 0 bridgehead atoms. The predicted molar refractivity (Wildman–Crippen MR) is 144 cm³/mol. The van der Waals surface area contributed by atoms with Crippen LogP contribution < -0.4 is 10.1 Å². The lowest BCUT2D eigenvalue weighted by molar-refractivity contribution is -0.112. The Kier molecular flexibility index (Phi) is 7.46. The highest BCUT2D eigenvalue weighted by Crippen LogP contribution is 2.36. The summed E-state index contributed by atoms with van der Waals surface area (Å²) in [5.41, 5.74) is 3.47. The number of nitriles is 1. The van der Waals surface area contributed by atoms with E-state index in [1.165, 1.54) is 5.39 Å². The Morgan fingerprint density at radius 2 is 1.65 bits per heavy atom. The van der Waals surface area contributed by atoms with E-state index in [0.29, 0.717) is 32.6 Å². The molecular weight excluding hydrogens is 556 g/mol. The molecule has 0 aromatic heterocycles. The molecule has 0 aliphatic carbocycles. The van der Waals surface area contributed by atoms with Crippen molar-refractivity contribution in [2.45, 2.75) is 13.5 Å². The zero-order valence-corrected chi connectivity index (χ0v) is 21.5. The van der Waals surface area contributed by atoms with E-state index in [2.05, 4.69) is 61.4 Å². The van der Waals surface area contributed by atoms with Gasteiger partial charge in [-0.2, -0.15) is 5.26 Å². The van der Waals surface area contributed by atoms with Crippen LogP contribution in [0.15, 0.2) is 93.4 Å². The second-order valence-corrected chi connectivity index (χ2v) is 9.48. The van der Waals surface area contributed by atoms with Gasteiger partial charge in [0, 0.05) is 5.69 Å². The second kappa shape index (κ2) is 10.7. The molecular formula is C28H20Br2N2O2. The predicted octanol–water partition coefficient (Wildman–Crippen LogP) is 7.80. The SMILES string of the molecule is Cc1ccc(NC(=O)/C(C#N)=C/c2cc(Br)c(OCc3ccc4ccccc4c3)c(Br)c2)cc1. The van der Waals surface area contributed by atoms with Crippen molar-refractivity contribution in [3.63, 3.8) is 0 Å². The minimum Gasteiger partial charge on any atom is -0.487 e. The number of carbonyl (C=O) groups excluding carboxylic acids is 1. The first-order valence-corrected chi connectivity index (χ1v) is 12.1. The number of fused-ring (bicyclic) bond motifs is 1. The van der Waals surface area contributed by atoms with Crippen molar-refractivity contribution in [1.29, 1.82) is 5.26 Å². The number of amides is 1. The molecule has 0 saturated carbocycles. The van der Waals surface area contributed by atoms with Crippen molar-refractivity contribution in [3.8, 4) is 11.8 Å². The highest BCUT2D eigenvalue weighted by Gasteiger charge is 2.13. The minimum absolute atomic E-state index is 0.00390. The molecule has 0 spiro atoms. The molecule has 34 heavy (non-hydrogen) atoms. The number of benzene rings is 4. The van der Waals surface area contributed by atoms with Crippen LogP contribution in [0, 0.1) is 18.3 Å². The molecule has 0 atom stereocenters. The van der Waals surface area contributed by atoms with Crippen LogP contribution in [0.5, 0.6) is 5.75 Å². The van der Waals surface area contributed by atoms with Gasteiger partial charge in [0.1, 0.15) is 24.0 Å². The summed E-state index contributed by atoms with van der Waals surface area (Å²) in [5, 5.41) is 14.6. The van der Waals surface area contributed by atoms with E-state index >= 15 is 0 Å². The smallest absolute Gasteiger partial charge is 0.266 e. The van der Waals surface area contributed by atoms with E-state index in [-0.39, 0.29) is 5.57 Å². The van der Waals surface area contributed by atoms with Crippen LogP contribution in [-0.4, -0.2) is 5.91 Å². The zero-order valence-electron chi connectivity index (χ0n) is 18.3. The van der Waals surface area contributed by atoms with Crippen molar-refractivity contribution in [2.24, 2.45) is 0 Å². The van der Waals surface area contributed by atoms with E-state index in [1.54, 1.807) is 18.2 Å². The van der Waals surface area contributed by atoms with Crippen molar-refractivity contribution in [1.82, 2.24) is 0 Å². The summed E-state index contributed by atoms with van der Waals surface area (Å²) in [6.07, 6.45) is 1.55. The Morgan fingerprint density at radius 1 is 0.971 bits per heavy atom. The number of nitrogens with zero attached hydrogens (tertiary/aromatic N) is 1. The van der Waals surface area contributed by atoms with Gasteiger partial charge in [0.2, 0.25) is 0 Å². The molecule has 6 heteroatoms. The molecule has 0 heterocycles. The maximum absolute atomic E-state index is 12.6. The number of ether oxygens (including phenoxy) is 1. The Hall–Kier alpha value is -3.40. The molecule has 0 aliphatic rings. The summed E-state index contributed by atoms with van der Waals surface area (Å²) < 4.78 is 7.49. The lowest BCUT2D eigenvalue weighted by Gasteiger charge is -2.12. The van der Waals surface area contributed by atoms with Gasteiger partial charge in [-0.15, -0.1) is 0 Å². The zero-order chi connectivity index (χ0) is 24.1. The van der Waals surface area contributed by atoms with E-state index in [1.807, 2.05) is 55.5 Å². The topological polar surface area (TPSA) is 62.1 Å². The van der Waals surface area contributed by atoms with Gasteiger partial charge >= 0.3 is 0 Å². The molecule has 1 amide bonds. The molecule has 4 rings (SSSR count). The van der Waals surface area contributed by atoms with Crippen LogP contribution >= 0.6 is 31.9 Å². The van der Waals surface area contributed by atoms with Gasteiger partial charge < -0.3 is 10.1 Å².